The molecule has 0 atom stereocenters. The maximum atomic E-state index is 13.9. The molecule has 3 heteroatoms. The lowest BCUT2D eigenvalue weighted by molar-refractivity contribution is 0.591. The molecule has 2 nitrogen and oxygen atoms in total. The number of para-hydroxylation sites is 1. The van der Waals surface area contributed by atoms with Crippen LogP contribution in [0, 0.1) is 17.1 Å². The van der Waals surface area contributed by atoms with Crippen molar-refractivity contribution in [2.45, 2.75) is 32.7 Å². The Kier molecular flexibility index (Phi) is 4.28. The molecular weight excluding hydrogens is 263 g/mol. The molecule has 0 aliphatic rings. The van der Waals surface area contributed by atoms with E-state index in [1.807, 2.05) is 24.3 Å². The third-order valence-electron chi connectivity index (χ3n) is 3.39. The molecule has 0 amide bonds. The van der Waals surface area contributed by atoms with E-state index in [0.717, 1.165) is 5.69 Å². The van der Waals surface area contributed by atoms with E-state index in [1.54, 1.807) is 12.1 Å². The Bertz CT molecular complexity index is 678. The standard InChI is InChI=1S/C18H19FN2/c1-18(2,3)15-6-4-5-7-17(15)21-12-14-9-8-13(11-20)10-16(14)19/h4-10,21H,12H2,1-3H3. The smallest absolute Gasteiger partial charge is 0.129 e. The van der Waals surface area contributed by atoms with E-state index in [2.05, 4.69) is 32.2 Å². The van der Waals surface area contributed by atoms with Crippen LogP contribution in [0.25, 0.3) is 0 Å². The Morgan fingerprint density at radius 2 is 1.86 bits per heavy atom. The van der Waals surface area contributed by atoms with Gasteiger partial charge in [0, 0.05) is 17.8 Å². The van der Waals surface area contributed by atoms with Crippen molar-refractivity contribution in [1.82, 2.24) is 0 Å². The van der Waals surface area contributed by atoms with E-state index in [9.17, 15) is 4.39 Å². The van der Waals surface area contributed by atoms with Crippen LogP contribution >= 0.6 is 0 Å². The lowest BCUT2D eigenvalue weighted by Gasteiger charge is -2.23. The summed E-state index contributed by atoms with van der Waals surface area (Å²) in [5.41, 5.74) is 3.11. The summed E-state index contributed by atoms with van der Waals surface area (Å²) in [5.74, 6) is -0.352. The Labute approximate surface area is 125 Å². The molecule has 0 heterocycles. The minimum Gasteiger partial charge on any atom is -0.381 e. The maximum Gasteiger partial charge on any atom is 0.129 e. The summed E-state index contributed by atoms with van der Waals surface area (Å²) in [4.78, 5) is 0. The molecule has 0 radical (unpaired) electrons. The Morgan fingerprint density at radius 1 is 1.14 bits per heavy atom. The number of nitrogens with zero attached hydrogens (tertiary/aromatic N) is 1. The number of anilines is 1. The van der Waals surface area contributed by atoms with E-state index < -0.39 is 0 Å². The molecule has 2 rings (SSSR count). The fourth-order valence-electron chi connectivity index (χ4n) is 2.24. The highest BCUT2D eigenvalue weighted by atomic mass is 19.1. The van der Waals surface area contributed by atoms with Gasteiger partial charge in [-0.05, 0) is 29.2 Å². The molecule has 0 saturated heterocycles. The lowest BCUT2D eigenvalue weighted by atomic mass is 9.86. The lowest BCUT2D eigenvalue weighted by Crippen LogP contribution is -2.15. The highest BCUT2D eigenvalue weighted by Crippen LogP contribution is 2.29. The van der Waals surface area contributed by atoms with Crippen molar-refractivity contribution in [3.8, 4) is 6.07 Å². The summed E-state index contributed by atoms with van der Waals surface area (Å²) >= 11 is 0. The zero-order chi connectivity index (χ0) is 15.5. The minimum atomic E-state index is -0.352. The number of rotatable bonds is 3. The van der Waals surface area contributed by atoms with Crippen LogP contribution in [0.15, 0.2) is 42.5 Å². The molecule has 0 aromatic heterocycles. The number of nitrogens with one attached hydrogen (secondary N) is 1. The summed E-state index contributed by atoms with van der Waals surface area (Å²) in [6, 6.07) is 14.6. The Morgan fingerprint density at radius 3 is 2.48 bits per heavy atom. The average Bonchev–Trinajstić information content (AvgIpc) is 2.45. The van der Waals surface area contributed by atoms with Crippen LogP contribution in [0.4, 0.5) is 10.1 Å². The fraction of sp³-hybridized carbons (Fsp3) is 0.278. The second-order valence-electron chi connectivity index (χ2n) is 6.07. The second-order valence-corrected chi connectivity index (χ2v) is 6.07. The Hall–Kier alpha value is -2.34. The van der Waals surface area contributed by atoms with Crippen molar-refractivity contribution in [2.75, 3.05) is 5.32 Å². The SMILES string of the molecule is CC(C)(C)c1ccccc1NCc1ccc(C#N)cc1F. The molecule has 0 aliphatic carbocycles. The van der Waals surface area contributed by atoms with Crippen LogP contribution in [-0.2, 0) is 12.0 Å². The number of hydrogen-bond acceptors (Lipinski definition) is 2. The predicted molar refractivity (Wildman–Crippen MR) is 83.6 cm³/mol. The minimum absolute atomic E-state index is 0.0206. The third-order valence-corrected chi connectivity index (χ3v) is 3.39. The van der Waals surface area contributed by atoms with Crippen LogP contribution in [-0.4, -0.2) is 0 Å². The summed E-state index contributed by atoms with van der Waals surface area (Å²) in [6.45, 7) is 6.84. The van der Waals surface area contributed by atoms with Crippen molar-refractivity contribution in [3.63, 3.8) is 0 Å². The monoisotopic (exact) mass is 282 g/mol. The van der Waals surface area contributed by atoms with E-state index in [1.165, 1.54) is 11.6 Å². The first-order chi connectivity index (χ1) is 9.91. The number of hydrogen-bond donors (Lipinski definition) is 1. The zero-order valence-electron chi connectivity index (χ0n) is 12.6. The van der Waals surface area contributed by atoms with Crippen molar-refractivity contribution in [3.05, 3.63) is 65.0 Å². The molecule has 1 N–H and O–H groups in total. The van der Waals surface area contributed by atoms with Gasteiger partial charge in [0.15, 0.2) is 0 Å². The molecule has 0 unspecified atom stereocenters. The van der Waals surface area contributed by atoms with Crippen LogP contribution in [0.1, 0.15) is 37.5 Å². The van der Waals surface area contributed by atoms with Gasteiger partial charge in [0.2, 0.25) is 0 Å². The average molecular weight is 282 g/mol. The molecule has 0 saturated carbocycles. The predicted octanol–water partition coefficient (Wildman–Crippen LogP) is 4.61. The molecular formula is C18H19FN2. The highest BCUT2D eigenvalue weighted by molar-refractivity contribution is 5.54. The molecule has 0 bridgehead atoms. The largest absolute Gasteiger partial charge is 0.381 e. The summed E-state index contributed by atoms with van der Waals surface area (Å²) in [6.07, 6.45) is 0. The summed E-state index contributed by atoms with van der Waals surface area (Å²) in [7, 11) is 0. The van der Waals surface area contributed by atoms with Crippen molar-refractivity contribution in [1.29, 1.82) is 5.26 Å². The molecule has 21 heavy (non-hydrogen) atoms. The zero-order valence-corrected chi connectivity index (χ0v) is 12.6. The molecule has 0 fully saturated rings. The van der Waals surface area contributed by atoms with Gasteiger partial charge in [-0.1, -0.05) is 45.0 Å². The van der Waals surface area contributed by atoms with Gasteiger partial charge in [0.1, 0.15) is 5.82 Å². The summed E-state index contributed by atoms with van der Waals surface area (Å²) < 4.78 is 13.9. The van der Waals surface area contributed by atoms with Gasteiger partial charge in [0.25, 0.3) is 0 Å². The van der Waals surface area contributed by atoms with Gasteiger partial charge >= 0.3 is 0 Å². The normalized spacial score (nSPS) is 11.0. The molecule has 2 aromatic carbocycles. The van der Waals surface area contributed by atoms with Gasteiger partial charge < -0.3 is 5.32 Å². The first-order valence-corrected chi connectivity index (χ1v) is 6.94. The van der Waals surface area contributed by atoms with E-state index in [0.29, 0.717) is 17.7 Å². The first-order valence-electron chi connectivity index (χ1n) is 6.94. The summed E-state index contributed by atoms with van der Waals surface area (Å²) in [5, 5.41) is 12.0. The maximum absolute atomic E-state index is 13.9. The molecule has 0 aliphatic heterocycles. The molecule has 108 valence electrons. The quantitative estimate of drug-likeness (QED) is 0.892. The topological polar surface area (TPSA) is 35.8 Å². The number of nitriles is 1. The van der Waals surface area contributed by atoms with Crippen molar-refractivity contribution >= 4 is 5.69 Å². The van der Waals surface area contributed by atoms with E-state index >= 15 is 0 Å². The van der Waals surface area contributed by atoms with Gasteiger partial charge in [0.05, 0.1) is 11.6 Å². The molecule has 2 aromatic rings. The van der Waals surface area contributed by atoms with Crippen LogP contribution in [0.5, 0.6) is 0 Å². The number of benzene rings is 2. The van der Waals surface area contributed by atoms with Gasteiger partial charge in [-0.3, -0.25) is 0 Å². The Balaban J connectivity index is 2.20. The van der Waals surface area contributed by atoms with E-state index in [-0.39, 0.29) is 11.2 Å². The van der Waals surface area contributed by atoms with Gasteiger partial charge in [-0.25, -0.2) is 4.39 Å². The van der Waals surface area contributed by atoms with Crippen molar-refractivity contribution in [2.24, 2.45) is 0 Å². The van der Waals surface area contributed by atoms with Crippen LogP contribution < -0.4 is 5.32 Å². The van der Waals surface area contributed by atoms with Crippen LogP contribution in [0.2, 0.25) is 0 Å². The molecule has 0 spiro atoms. The number of halogens is 1. The van der Waals surface area contributed by atoms with Gasteiger partial charge in [-0.15, -0.1) is 0 Å². The first kappa shape index (κ1) is 15.1. The third kappa shape index (κ3) is 3.61. The van der Waals surface area contributed by atoms with Crippen molar-refractivity contribution < 1.29 is 4.39 Å². The second kappa shape index (κ2) is 5.97. The van der Waals surface area contributed by atoms with Crippen LogP contribution in [0.3, 0.4) is 0 Å². The fourth-order valence-corrected chi connectivity index (χ4v) is 2.24. The van der Waals surface area contributed by atoms with Gasteiger partial charge in [-0.2, -0.15) is 5.26 Å². The highest BCUT2D eigenvalue weighted by Gasteiger charge is 2.17. The van der Waals surface area contributed by atoms with E-state index in [4.69, 9.17) is 5.26 Å².